The Hall–Kier alpha value is -3.91. The summed E-state index contributed by atoms with van der Waals surface area (Å²) in [5.74, 6) is -4.57. The monoisotopic (exact) mass is 485 g/mol. The van der Waals surface area contributed by atoms with Crippen molar-refractivity contribution in [2.45, 2.75) is 13.0 Å². The molecule has 174 valence electrons. The van der Waals surface area contributed by atoms with E-state index in [2.05, 4.69) is 0 Å². The molecule has 0 aliphatic carbocycles. The van der Waals surface area contributed by atoms with Gasteiger partial charge in [-0.1, -0.05) is 23.7 Å². The second kappa shape index (κ2) is 9.15. The summed E-state index contributed by atoms with van der Waals surface area (Å²) in [5.41, 5.74) is -0.713. The second-order valence-electron chi connectivity index (χ2n) is 7.43. The molecule has 1 unspecified atom stereocenters. The largest absolute Gasteiger partial charge is 0.508 e. The molecule has 9 heteroatoms. The smallest absolute Gasteiger partial charge is 0.300 e. The van der Waals surface area contributed by atoms with Crippen LogP contribution in [0.25, 0.3) is 5.76 Å². The zero-order valence-corrected chi connectivity index (χ0v) is 18.5. The van der Waals surface area contributed by atoms with Crippen LogP contribution >= 0.6 is 11.6 Å². The number of hydrogen-bond donors (Lipinski definition) is 2. The minimum Gasteiger partial charge on any atom is -0.508 e. The summed E-state index contributed by atoms with van der Waals surface area (Å²) in [4.78, 5) is 26.9. The molecule has 1 atom stereocenters. The number of ketones is 1. The van der Waals surface area contributed by atoms with Gasteiger partial charge >= 0.3 is 0 Å². The van der Waals surface area contributed by atoms with E-state index in [0.29, 0.717) is 12.4 Å². The van der Waals surface area contributed by atoms with Crippen molar-refractivity contribution in [1.29, 1.82) is 0 Å². The van der Waals surface area contributed by atoms with Gasteiger partial charge in [0.15, 0.2) is 0 Å². The summed E-state index contributed by atoms with van der Waals surface area (Å²) in [6, 6.07) is 11.1. The number of aromatic hydroxyl groups is 1. The highest BCUT2D eigenvalue weighted by Crippen LogP contribution is 2.44. The van der Waals surface area contributed by atoms with Gasteiger partial charge in [0.05, 0.1) is 28.9 Å². The average molecular weight is 486 g/mol. The molecular formula is C25H18ClF2NO5. The van der Waals surface area contributed by atoms with Crippen LogP contribution in [0.1, 0.15) is 24.1 Å². The fourth-order valence-electron chi connectivity index (χ4n) is 3.85. The van der Waals surface area contributed by atoms with E-state index in [1.165, 1.54) is 36.4 Å². The lowest BCUT2D eigenvalue weighted by atomic mass is 9.95. The molecule has 0 bridgehead atoms. The Balaban J connectivity index is 2.00. The van der Waals surface area contributed by atoms with E-state index in [1.54, 1.807) is 13.0 Å². The number of aliphatic hydroxyl groups excluding tert-OH is 1. The first kappa shape index (κ1) is 23.3. The van der Waals surface area contributed by atoms with Gasteiger partial charge in [0.2, 0.25) is 0 Å². The lowest BCUT2D eigenvalue weighted by molar-refractivity contribution is -0.132. The van der Waals surface area contributed by atoms with Crippen LogP contribution in [-0.4, -0.2) is 28.5 Å². The van der Waals surface area contributed by atoms with Gasteiger partial charge in [-0.25, -0.2) is 8.78 Å². The number of hydrogen-bond acceptors (Lipinski definition) is 5. The van der Waals surface area contributed by atoms with E-state index in [9.17, 15) is 28.6 Å². The molecule has 1 aliphatic rings. The number of rotatable bonds is 5. The number of carbonyl (C=O) groups excluding carboxylic acids is 2. The van der Waals surface area contributed by atoms with Gasteiger partial charge in [-0.15, -0.1) is 0 Å². The number of carbonyl (C=O) groups is 2. The topological polar surface area (TPSA) is 87.1 Å². The van der Waals surface area contributed by atoms with Crippen molar-refractivity contribution in [2.24, 2.45) is 0 Å². The summed E-state index contributed by atoms with van der Waals surface area (Å²) < 4.78 is 34.1. The fraction of sp³-hybridized carbons (Fsp3) is 0.120. The fourth-order valence-corrected chi connectivity index (χ4v) is 4.06. The molecule has 3 aromatic rings. The Morgan fingerprint density at radius 1 is 1.09 bits per heavy atom. The molecule has 4 rings (SSSR count). The van der Waals surface area contributed by atoms with E-state index >= 15 is 0 Å². The Morgan fingerprint density at radius 3 is 2.56 bits per heavy atom. The van der Waals surface area contributed by atoms with Crippen LogP contribution < -0.4 is 9.64 Å². The normalized spacial score (nSPS) is 17.3. The van der Waals surface area contributed by atoms with Crippen LogP contribution in [0.4, 0.5) is 14.5 Å². The maximum Gasteiger partial charge on any atom is 0.300 e. The van der Waals surface area contributed by atoms with Gasteiger partial charge in [0.1, 0.15) is 28.9 Å². The minimum absolute atomic E-state index is 0.00971. The SMILES string of the molecule is CCOc1ccc(Cl)c(/C(O)=C2\C(=O)C(=O)N(c3cc(F)ccc3F)C2c2cccc(O)c2)c1. The van der Waals surface area contributed by atoms with Crippen LogP contribution in [0.3, 0.4) is 0 Å². The van der Waals surface area contributed by atoms with Crippen molar-refractivity contribution in [3.05, 3.63) is 94.0 Å². The zero-order chi connectivity index (χ0) is 24.6. The molecule has 1 fully saturated rings. The Morgan fingerprint density at radius 2 is 1.85 bits per heavy atom. The van der Waals surface area contributed by atoms with Crippen molar-refractivity contribution in [3.63, 3.8) is 0 Å². The van der Waals surface area contributed by atoms with Crippen LogP contribution in [0.2, 0.25) is 5.02 Å². The van der Waals surface area contributed by atoms with E-state index in [1.807, 2.05) is 0 Å². The number of nitrogens with zero attached hydrogens (tertiary/aromatic N) is 1. The van der Waals surface area contributed by atoms with Crippen LogP contribution in [0.15, 0.2) is 66.2 Å². The number of aliphatic hydroxyl groups is 1. The highest BCUT2D eigenvalue weighted by molar-refractivity contribution is 6.52. The van der Waals surface area contributed by atoms with Crippen molar-refractivity contribution >= 4 is 34.7 Å². The van der Waals surface area contributed by atoms with E-state index in [0.717, 1.165) is 23.1 Å². The first-order chi connectivity index (χ1) is 16.2. The molecule has 0 saturated carbocycles. The second-order valence-corrected chi connectivity index (χ2v) is 7.84. The quantitative estimate of drug-likeness (QED) is 0.289. The lowest BCUT2D eigenvalue weighted by Crippen LogP contribution is -2.30. The molecule has 1 saturated heterocycles. The predicted octanol–water partition coefficient (Wildman–Crippen LogP) is 5.35. The molecule has 1 heterocycles. The molecule has 0 spiro atoms. The molecule has 34 heavy (non-hydrogen) atoms. The van der Waals surface area contributed by atoms with Crippen molar-refractivity contribution < 1.29 is 33.3 Å². The number of amides is 1. The molecule has 6 nitrogen and oxygen atoms in total. The molecule has 1 aliphatic heterocycles. The van der Waals surface area contributed by atoms with Crippen molar-refractivity contribution in [1.82, 2.24) is 0 Å². The summed E-state index contributed by atoms with van der Waals surface area (Å²) in [6.45, 7) is 2.09. The number of benzene rings is 3. The highest BCUT2D eigenvalue weighted by Gasteiger charge is 2.48. The number of phenols is 1. The number of anilines is 1. The van der Waals surface area contributed by atoms with Gasteiger partial charge in [-0.3, -0.25) is 14.5 Å². The Labute approximate surface area is 198 Å². The first-order valence-corrected chi connectivity index (χ1v) is 10.6. The van der Waals surface area contributed by atoms with Crippen LogP contribution in [-0.2, 0) is 9.59 Å². The van der Waals surface area contributed by atoms with Crippen LogP contribution in [0.5, 0.6) is 11.5 Å². The average Bonchev–Trinajstić information content (AvgIpc) is 3.07. The molecule has 1 amide bonds. The maximum absolute atomic E-state index is 14.7. The van der Waals surface area contributed by atoms with Crippen LogP contribution in [0, 0.1) is 11.6 Å². The van der Waals surface area contributed by atoms with Gasteiger partial charge < -0.3 is 14.9 Å². The molecule has 0 aromatic heterocycles. The first-order valence-electron chi connectivity index (χ1n) is 10.2. The van der Waals surface area contributed by atoms with Gasteiger partial charge in [-0.2, -0.15) is 0 Å². The lowest BCUT2D eigenvalue weighted by Gasteiger charge is -2.26. The summed E-state index contributed by atoms with van der Waals surface area (Å²) in [7, 11) is 0. The number of halogens is 3. The zero-order valence-electron chi connectivity index (χ0n) is 17.8. The van der Waals surface area contributed by atoms with Crippen molar-refractivity contribution in [3.8, 4) is 11.5 Å². The van der Waals surface area contributed by atoms with Gasteiger partial charge in [0.25, 0.3) is 11.7 Å². The number of Topliss-reactive ketones (excluding diaryl/α,β-unsaturated/α-hetero) is 1. The van der Waals surface area contributed by atoms with E-state index in [4.69, 9.17) is 16.3 Å². The maximum atomic E-state index is 14.7. The summed E-state index contributed by atoms with van der Waals surface area (Å²) >= 11 is 6.26. The molecular weight excluding hydrogens is 468 g/mol. The molecule has 0 radical (unpaired) electrons. The summed E-state index contributed by atoms with van der Waals surface area (Å²) in [5, 5.41) is 21.3. The predicted molar refractivity (Wildman–Crippen MR) is 122 cm³/mol. The van der Waals surface area contributed by atoms with E-state index < -0.39 is 46.4 Å². The third kappa shape index (κ3) is 4.08. The molecule has 2 N–H and O–H groups in total. The van der Waals surface area contributed by atoms with E-state index in [-0.39, 0.29) is 21.9 Å². The van der Waals surface area contributed by atoms with Gasteiger partial charge in [0, 0.05) is 11.6 Å². The molecule has 3 aromatic carbocycles. The number of ether oxygens (including phenoxy) is 1. The third-order valence-corrected chi connectivity index (χ3v) is 5.63. The minimum atomic E-state index is -1.38. The Kier molecular flexibility index (Phi) is 6.26. The van der Waals surface area contributed by atoms with Gasteiger partial charge in [-0.05, 0) is 55.0 Å². The number of phenolic OH excluding ortho intramolecular Hbond substituents is 1. The van der Waals surface area contributed by atoms with Crippen molar-refractivity contribution in [2.75, 3.05) is 11.5 Å². The third-order valence-electron chi connectivity index (χ3n) is 5.30. The Bertz CT molecular complexity index is 1340. The highest BCUT2D eigenvalue weighted by atomic mass is 35.5. The standard InChI is InChI=1S/C25H18ClF2NO5/c1-2-34-16-7-8-18(26)17(12-16)23(31)21-22(13-4-3-5-15(30)10-13)29(25(33)24(21)32)20-11-14(27)6-9-19(20)28/h3-12,22,30-31H,2H2,1H3/b23-21+. The summed E-state index contributed by atoms with van der Waals surface area (Å²) in [6.07, 6.45) is 0.